The molecule has 0 unspecified atom stereocenters. The molecular weight excluding hydrogens is 262 g/mol. The van der Waals surface area contributed by atoms with Crippen LogP contribution in [0.1, 0.15) is 12.2 Å². The van der Waals surface area contributed by atoms with Gasteiger partial charge in [0.05, 0.1) is 0 Å². The lowest BCUT2D eigenvalue weighted by Gasteiger charge is -2.11. The van der Waals surface area contributed by atoms with Crippen LogP contribution in [-0.4, -0.2) is 46.8 Å². The van der Waals surface area contributed by atoms with Gasteiger partial charge in [0.25, 0.3) is 10.0 Å². The SMILES string of the molecule is Cc1nc(S(=O)(=O)N[C@H](CCO)C(=O)O)cn1C. The topological polar surface area (TPSA) is 122 Å². The molecule has 8 nitrogen and oxygen atoms in total. The van der Waals surface area contributed by atoms with Crippen LogP contribution >= 0.6 is 0 Å². The van der Waals surface area contributed by atoms with E-state index in [4.69, 9.17) is 10.2 Å². The maximum absolute atomic E-state index is 11.9. The van der Waals surface area contributed by atoms with Crippen LogP contribution in [0.3, 0.4) is 0 Å². The van der Waals surface area contributed by atoms with Crippen molar-refractivity contribution >= 4 is 16.0 Å². The number of aliphatic hydroxyl groups excluding tert-OH is 1. The first-order valence-corrected chi connectivity index (χ1v) is 6.62. The van der Waals surface area contributed by atoms with Crippen LogP contribution in [0.25, 0.3) is 0 Å². The van der Waals surface area contributed by atoms with Gasteiger partial charge in [0.1, 0.15) is 11.9 Å². The monoisotopic (exact) mass is 277 g/mol. The Balaban J connectivity index is 2.96. The van der Waals surface area contributed by atoms with Crippen molar-refractivity contribution in [3.63, 3.8) is 0 Å². The third-order valence-electron chi connectivity index (χ3n) is 2.38. The lowest BCUT2D eigenvalue weighted by molar-refractivity contribution is -0.139. The third kappa shape index (κ3) is 3.28. The number of carboxylic acids is 1. The van der Waals surface area contributed by atoms with Gasteiger partial charge in [-0.05, 0) is 13.3 Å². The van der Waals surface area contributed by atoms with Gasteiger partial charge >= 0.3 is 5.97 Å². The predicted octanol–water partition coefficient (Wildman–Crippen LogP) is -1.16. The van der Waals surface area contributed by atoms with Crippen LogP contribution in [0.4, 0.5) is 0 Å². The minimum atomic E-state index is -4.00. The van der Waals surface area contributed by atoms with E-state index in [0.29, 0.717) is 5.82 Å². The first-order valence-electron chi connectivity index (χ1n) is 5.14. The second-order valence-corrected chi connectivity index (χ2v) is 5.42. The summed E-state index contributed by atoms with van der Waals surface area (Å²) in [6, 6.07) is -1.37. The minimum absolute atomic E-state index is 0.208. The zero-order valence-electron chi connectivity index (χ0n) is 9.99. The number of carboxylic acid groups (broad SMARTS) is 1. The number of imidazole rings is 1. The molecule has 0 aromatic carbocycles. The highest BCUT2D eigenvalue weighted by atomic mass is 32.2. The van der Waals surface area contributed by atoms with E-state index in [1.807, 2.05) is 4.72 Å². The molecule has 0 aliphatic rings. The zero-order valence-corrected chi connectivity index (χ0v) is 10.8. The van der Waals surface area contributed by atoms with Gasteiger partial charge in [-0.1, -0.05) is 0 Å². The molecular formula is C9H15N3O5S. The number of carbonyl (C=O) groups is 1. The van der Waals surface area contributed by atoms with Crippen molar-refractivity contribution in [2.75, 3.05) is 6.61 Å². The summed E-state index contributed by atoms with van der Waals surface area (Å²) in [5, 5.41) is 17.3. The van der Waals surface area contributed by atoms with Crippen molar-refractivity contribution in [2.45, 2.75) is 24.4 Å². The molecule has 18 heavy (non-hydrogen) atoms. The van der Waals surface area contributed by atoms with Gasteiger partial charge in [-0.25, -0.2) is 13.4 Å². The Morgan fingerprint density at radius 1 is 1.61 bits per heavy atom. The van der Waals surface area contributed by atoms with Crippen molar-refractivity contribution in [1.29, 1.82) is 0 Å². The fourth-order valence-electron chi connectivity index (χ4n) is 1.27. The maximum Gasteiger partial charge on any atom is 0.321 e. The molecule has 1 atom stereocenters. The van der Waals surface area contributed by atoms with Crippen LogP contribution in [0.15, 0.2) is 11.2 Å². The van der Waals surface area contributed by atoms with Crippen LogP contribution in [0, 0.1) is 6.92 Å². The fourth-order valence-corrected chi connectivity index (χ4v) is 2.53. The molecule has 0 amide bonds. The second kappa shape index (κ2) is 5.46. The quantitative estimate of drug-likeness (QED) is 0.603. The van der Waals surface area contributed by atoms with Gasteiger partial charge in [0, 0.05) is 19.9 Å². The van der Waals surface area contributed by atoms with E-state index < -0.39 is 28.6 Å². The molecule has 3 N–H and O–H groups in total. The average Bonchev–Trinajstić information content (AvgIpc) is 2.59. The Kier molecular flexibility index (Phi) is 4.43. The standard InChI is InChI=1S/C9H15N3O5S/c1-6-10-8(5-12(6)2)18(16,17)11-7(3-4-13)9(14)15/h5,7,11,13H,3-4H2,1-2H3,(H,14,15)/t7-/m1/s1. The first kappa shape index (κ1) is 14.6. The van der Waals surface area contributed by atoms with E-state index in [0.717, 1.165) is 0 Å². The number of nitrogens with zero attached hydrogens (tertiary/aromatic N) is 2. The normalized spacial score (nSPS) is 13.5. The highest BCUT2D eigenvalue weighted by Crippen LogP contribution is 2.09. The third-order valence-corrected chi connectivity index (χ3v) is 3.72. The molecule has 1 rings (SSSR count). The maximum atomic E-state index is 11.9. The molecule has 0 spiro atoms. The molecule has 0 bridgehead atoms. The number of aliphatic hydroxyl groups is 1. The Bertz CT molecular complexity index is 517. The summed E-state index contributed by atoms with van der Waals surface area (Å²) < 4.78 is 27.2. The Labute approximate surface area is 104 Å². The van der Waals surface area contributed by atoms with Crippen molar-refractivity contribution in [1.82, 2.24) is 14.3 Å². The van der Waals surface area contributed by atoms with E-state index in [9.17, 15) is 13.2 Å². The lowest BCUT2D eigenvalue weighted by atomic mass is 10.2. The van der Waals surface area contributed by atoms with Crippen LogP contribution < -0.4 is 4.72 Å². The van der Waals surface area contributed by atoms with E-state index in [2.05, 4.69) is 4.98 Å². The summed E-state index contributed by atoms with van der Waals surface area (Å²) in [6.07, 6.45) is 1.08. The fraction of sp³-hybridized carbons (Fsp3) is 0.556. The largest absolute Gasteiger partial charge is 0.480 e. The number of aryl methyl sites for hydroxylation is 2. The first-order chi connectivity index (χ1) is 8.27. The molecule has 0 aliphatic carbocycles. The second-order valence-electron chi connectivity index (χ2n) is 3.76. The van der Waals surface area contributed by atoms with Gasteiger partial charge in [-0.15, -0.1) is 0 Å². The van der Waals surface area contributed by atoms with Gasteiger partial charge in [0.15, 0.2) is 5.03 Å². The Hall–Kier alpha value is -1.45. The lowest BCUT2D eigenvalue weighted by Crippen LogP contribution is -2.41. The van der Waals surface area contributed by atoms with Gasteiger partial charge < -0.3 is 14.8 Å². The summed E-state index contributed by atoms with van der Waals surface area (Å²) in [5.74, 6) is -0.857. The predicted molar refractivity (Wildman–Crippen MR) is 61.4 cm³/mol. The number of hydrogen-bond donors (Lipinski definition) is 3. The molecule has 1 heterocycles. The van der Waals surface area contributed by atoms with E-state index in [-0.39, 0.29) is 11.4 Å². The van der Waals surface area contributed by atoms with Gasteiger partial charge in [0.2, 0.25) is 0 Å². The number of hydrogen-bond acceptors (Lipinski definition) is 5. The van der Waals surface area contributed by atoms with Crippen molar-refractivity contribution in [3.8, 4) is 0 Å². The highest BCUT2D eigenvalue weighted by Gasteiger charge is 2.26. The zero-order chi connectivity index (χ0) is 13.9. The number of sulfonamides is 1. The molecule has 0 radical (unpaired) electrons. The number of aromatic nitrogens is 2. The van der Waals surface area contributed by atoms with E-state index in [1.165, 1.54) is 10.8 Å². The summed E-state index contributed by atoms with van der Waals surface area (Å²) >= 11 is 0. The molecule has 0 fully saturated rings. The van der Waals surface area contributed by atoms with Crippen LogP contribution in [-0.2, 0) is 21.9 Å². The van der Waals surface area contributed by atoms with E-state index >= 15 is 0 Å². The number of aliphatic carboxylic acids is 1. The van der Waals surface area contributed by atoms with Crippen LogP contribution in [0.5, 0.6) is 0 Å². The van der Waals surface area contributed by atoms with Crippen molar-refractivity contribution in [3.05, 3.63) is 12.0 Å². The average molecular weight is 277 g/mol. The molecule has 0 saturated heterocycles. The molecule has 9 heteroatoms. The van der Waals surface area contributed by atoms with E-state index in [1.54, 1.807) is 14.0 Å². The Morgan fingerprint density at radius 2 is 2.22 bits per heavy atom. The summed E-state index contributed by atoms with van der Waals surface area (Å²) in [4.78, 5) is 14.6. The molecule has 102 valence electrons. The smallest absolute Gasteiger partial charge is 0.321 e. The minimum Gasteiger partial charge on any atom is -0.480 e. The number of nitrogens with one attached hydrogen (secondary N) is 1. The summed E-state index contributed by atoms with van der Waals surface area (Å²) in [6.45, 7) is 1.20. The summed E-state index contributed by atoms with van der Waals surface area (Å²) in [5.41, 5.74) is 0. The van der Waals surface area contributed by atoms with Crippen molar-refractivity contribution in [2.24, 2.45) is 7.05 Å². The Morgan fingerprint density at radius 3 is 2.61 bits per heavy atom. The molecule has 1 aromatic heterocycles. The van der Waals surface area contributed by atoms with Gasteiger partial charge in [-0.2, -0.15) is 4.72 Å². The van der Waals surface area contributed by atoms with Crippen molar-refractivity contribution < 1.29 is 23.4 Å². The van der Waals surface area contributed by atoms with Crippen LogP contribution in [0.2, 0.25) is 0 Å². The summed E-state index contributed by atoms with van der Waals surface area (Å²) in [7, 11) is -2.37. The molecule has 0 aliphatic heterocycles. The van der Waals surface area contributed by atoms with Gasteiger partial charge in [-0.3, -0.25) is 4.79 Å². The highest BCUT2D eigenvalue weighted by molar-refractivity contribution is 7.89. The molecule has 0 saturated carbocycles. The number of rotatable bonds is 6. The molecule has 1 aromatic rings.